The molecule has 0 radical (unpaired) electrons. The van der Waals surface area contributed by atoms with Gasteiger partial charge in [0, 0.05) is 38.8 Å². The van der Waals surface area contributed by atoms with Gasteiger partial charge in [0.15, 0.2) is 0 Å². The first-order chi connectivity index (χ1) is 27.4. The van der Waals surface area contributed by atoms with Crippen molar-refractivity contribution in [1.82, 2.24) is 0 Å². The van der Waals surface area contributed by atoms with E-state index in [-0.39, 0.29) is 5.41 Å². The predicted molar refractivity (Wildman–Crippen MR) is 239 cm³/mol. The first-order valence-electron chi connectivity index (χ1n) is 19.4. The van der Waals surface area contributed by atoms with Gasteiger partial charge in [-0.1, -0.05) is 172 Å². The Morgan fingerprint density at radius 1 is 0.375 bits per heavy atom. The maximum atomic E-state index is 6.72. The highest BCUT2D eigenvalue weighted by Crippen LogP contribution is 2.44. The van der Waals surface area contributed by atoms with Gasteiger partial charge in [0.1, 0.15) is 11.2 Å². The maximum Gasteiger partial charge on any atom is 0.143 e. The summed E-state index contributed by atoms with van der Waals surface area (Å²) in [4.78, 5) is 0. The first-order valence-corrected chi connectivity index (χ1v) is 19.4. The van der Waals surface area contributed by atoms with Crippen LogP contribution in [0.15, 0.2) is 192 Å². The third-order valence-electron chi connectivity index (χ3n) is 11.2. The van der Waals surface area contributed by atoms with E-state index in [1.54, 1.807) is 0 Å². The minimum Gasteiger partial charge on any atom is -0.455 e. The summed E-state index contributed by atoms with van der Waals surface area (Å²) >= 11 is 0. The fourth-order valence-corrected chi connectivity index (χ4v) is 8.37. The zero-order valence-corrected chi connectivity index (χ0v) is 31.8. The van der Waals surface area contributed by atoms with Gasteiger partial charge in [-0.3, -0.25) is 0 Å². The van der Waals surface area contributed by atoms with E-state index in [0.29, 0.717) is 0 Å². The lowest BCUT2D eigenvalue weighted by atomic mass is 9.86. The number of fused-ring (bicyclic) bond motifs is 5. The molecule has 1 N–H and O–H groups in total. The normalized spacial score (nSPS) is 11.8. The third-order valence-corrected chi connectivity index (χ3v) is 11.2. The molecule has 0 bridgehead atoms. The summed E-state index contributed by atoms with van der Waals surface area (Å²) in [6.07, 6.45) is 0. The second kappa shape index (κ2) is 13.4. The van der Waals surface area contributed by atoms with Crippen LogP contribution < -0.4 is 5.32 Å². The molecule has 1 aromatic heterocycles. The number of benzene rings is 9. The predicted octanol–water partition coefficient (Wildman–Crippen LogP) is 15.6. The molecule has 0 unspecified atom stereocenters. The molecule has 56 heavy (non-hydrogen) atoms. The molecule has 0 aliphatic rings. The fraction of sp³-hybridized carbons (Fsp3) is 0.0741. The lowest BCUT2D eigenvalue weighted by Gasteiger charge is -2.19. The van der Waals surface area contributed by atoms with E-state index >= 15 is 0 Å². The van der Waals surface area contributed by atoms with Crippen molar-refractivity contribution in [2.45, 2.75) is 26.2 Å². The van der Waals surface area contributed by atoms with Crippen molar-refractivity contribution >= 4 is 54.9 Å². The highest BCUT2D eigenvalue weighted by molar-refractivity contribution is 6.10. The molecule has 10 aromatic rings. The topological polar surface area (TPSA) is 25.2 Å². The van der Waals surface area contributed by atoms with Crippen LogP contribution in [-0.2, 0) is 5.41 Å². The Morgan fingerprint density at radius 3 is 1.71 bits per heavy atom. The summed E-state index contributed by atoms with van der Waals surface area (Å²) in [5.74, 6) is 0. The zero-order chi connectivity index (χ0) is 37.8. The molecule has 0 spiro atoms. The van der Waals surface area contributed by atoms with Crippen LogP contribution in [0.5, 0.6) is 0 Å². The quantitative estimate of drug-likeness (QED) is 0.185. The summed E-state index contributed by atoms with van der Waals surface area (Å²) in [5.41, 5.74) is 14.5. The third kappa shape index (κ3) is 5.91. The van der Waals surface area contributed by atoms with Gasteiger partial charge in [0.05, 0.1) is 0 Å². The molecule has 0 saturated carbocycles. The Bertz CT molecular complexity index is 3070. The van der Waals surface area contributed by atoms with Gasteiger partial charge in [-0.25, -0.2) is 0 Å². The largest absolute Gasteiger partial charge is 0.455 e. The summed E-state index contributed by atoms with van der Waals surface area (Å²) in [6.45, 7) is 6.73. The van der Waals surface area contributed by atoms with Crippen molar-refractivity contribution in [2.24, 2.45) is 0 Å². The smallest absolute Gasteiger partial charge is 0.143 e. The van der Waals surface area contributed by atoms with Crippen molar-refractivity contribution < 1.29 is 4.42 Å². The summed E-state index contributed by atoms with van der Waals surface area (Å²) in [7, 11) is 0. The van der Waals surface area contributed by atoms with Gasteiger partial charge >= 0.3 is 0 Å². The van der Waals surface area contributed by atoms with Crippen molar-refractivity contribution in [1.29, 1.82) is 0 Å². The van der Waals surface area contributed by atoms with Gasteiger partial charge < -0.3 is 9.73 Å². The Balaban J connectivity index is 1.10. The molecule has 0 aliphatic heterocycles. The molecule has 0 saturated heterocycles. The Kier molecular flexibility index (Phi) is 8.08. The Morgan fingerprint density at radius 2 is 0.946 bits per heavy atom. The average Bonchev–Trinajstić information content (AvgIpc) is 3.63. The summed E-state index contributed by atoms with van der Waals surface area (Å²) in [6, 6.07) is 67.9. The van der Waals surface area contributed by atoms with Crippen LogP contribution in [0.4, 0.5) is 11.4 Å². The van der Waals surface area contributed by atoms with Gasteiger partial charge in [0.2, 0.25) is 0 Å². The van der Waals surface area contributed by atoms with Crippen LogP contribution in [0, 0.1) is 0 Å². The van der Waals surface area contributed by atoms with Crippen LogP contribution in [0.2, 0.25) is 0 Å². The van der Waals surface area contributed by atoms with Crippen molar-refractivity contribution in [3.8, 4) is 44.5 Å². The van der Waals surface area contributed by atoms with Gasteiger partial charge in [-0.15, -0.1) is 0 Å². The van der Waals surface area contributed by atoms with Crippen LogP contribution in [0.25, 0.3) is 88.0 Å². The molecule has 0 atom stereocenters. The number of furan rings is 1. The number of nitrogens with one attached hydrogen (secondary N) is 1. The van der Waals surface area contributed by atoms with Gasteiger partial charge in [0.25, 0.3) is 0 Å². The lowest BCUT2D eigenvalue weighted by Crippen LogP contribution is -2.10. The highest BCUT2D eigenvalue weighted by atomic mass is 16.3. The maximum absolute atomic E-state index is 6.72. The molecular weight excluding hydrogens is 679 g/mol. The van der Waals surface area contributed by atoms with E-state index in [0.717, 1.165) is 50.0 Å². The average molecular weight is 720 g/mol. The number of hydrogen-bond donors (Lipinski definition) is 1. The standard InChI is InChI=1S/C54H41NO/c1-54(2,3)50-25-13-24-46-45-23-12-22-44(52(45)56-53(46)50)37-26-29-41(30-27-37)55-51-31-28-40(43-21-11-19-35-16-9-10-20-42(35)43)34-49(51)48-33-39-18-8-7-17-38(39)32-47(48)36-14-5-4-6-15-36/h4-34,55H,1-3H3. The molecule has 1 heterocycles. The minimum atomic E-state index is -0.0263. The first kappa shape index (κ1) is 33.7. The molecule has 268 valence electrons. The number of anilines is 2. The molecule has 0 amide bonds. The van der Waals surface area contributed by atoms with Crippen LogP contribution in [0.1, 0.15) is 26.3 Å². The number of rotatable bonds is 6. The summed E-state index contributed by atoms with van der Waals surface area (Å²) < 4.78 is 6.72. The van der Waals surface area contributed by atoms with E-state index < -0.39 is 0 Å². The second-order valence-electron chi connectivity index (χ2n) is 15.8. The highest BCUT2D eigenvalue weighted by Gasteiger charge is 2.22. The molecule has 0 aliphatic carbocycles. The van der Waals surface area contributed by atoms with E-state index in [2.05, 4.69) is 214 Å². The van der Waals surface area contributed by atoms with Crippen LogP contribution in [-0.4, -0.2) is 0 Å². The van der Waals surface area contributed by atoms with E-state index in [9.17, 15) is 0 Å². The van der Waals surface area contributed by atoms with E-state index in [1.807, 2.05) is 0 Å². The molecular formula is C54H41NO. The van der Waals surface area contributed by atoms with Crippen LogP contribution >= 0.6 is 0 Å². The zero-order valence-electron chi connectivity index (χ0n) is 31.8. The van der Waals surface area contributed by atoms with Crippen molar-refractivity contribution in [3.05, 3.63) is 194 Å². The van der Waals surface area contributed by atoms with Crippen molar-refractivity contribution in [3.63, 3.8) is 0 Å². The summed E-state index contributed by atoms with van der Waals surface area (Å²) in [5, 5.41) is 11.1. The fourth-order valence-electron chi connectivity index (χ4n) is 8.37. The van der Waals surface area contributed by atoms with E-state index in [1.165, 1.54) is 54.9 Å². The molecule has 2 nitrogen and oxygen atoms in total. The monoisotopic (exact) mass is 719 g/mol. The Labute approximate surface area is 327 Å². The van der Waals surface area contributed by atoms with Gasteiger partial charge in [-0.05, 0) is 96.7 Å². The number of hydrogen-bond acceptors (Lipinski definition) is 2. The molecule has 9 aromatic carbocycles. The molecule has 10 rings (SSSR count). The molecule has 2 heteroatoms. The lowest BCUT2D eigenvalue weighted by molar-refractivity contribution is 0.573. The SMILES string of the molecule is CC(C)(C)c1cccc2c1oc1c(-c3ccc(Nc4ccc(-c5cccc6ccccc56)cc4-c4cc5ccccc5cc4-c4ccccc4)cc3)cccc12. The Hall–Kier alpha value is -6.90. The molecule has 0 fully saturated rings. The van der Waals surface area contributed by atoms with E-state index in [4.69, 9.17) is 4.42 Å². The van der Waals surface area contributed by atoms with Gasteiger partial charge in [-0.2, -0.15) is 0 Å². The minimum absolute atomic E-state index is 0.0263. The number of para-hydroxylation sites is 2. The van der Waals surface area contributed by atoms with Crippen molar-refractivity contribution in [2.75, 3.05) is 5.32 Å². The second-order valence-corrected chi connectivity index (χ2v) is 15.8. The van der Waals surface area contributed by atoms with Crippen LogP contribution in [0.3, 0.4) is 0 Å².